The zero-order valence-electron chi connectivity index (χ0n) is 9.97. The number of rotatable bonds is 1. The zero-order valence-corrected chi connectivity index (χ0v) is 9.97. The molecule has 2 fully saturated rings. The number of hydrogen-bond acceptors (Lipinski definition) is 2. The lowest BCUT2D eigenvalue weighted by Crippen LogP contribution is -2.47. The summed E-state index contributed by atoms with van der Waals surface area (Å²) in [5, 5.41) is 5.17. The van der Waals surface area contributed by atoms with Gasteiger partial charge in [0, 0.05) is 26.2 Å². The molecule has 14 heavy (non-hydrogen) atoms. The van der Waals surface area contributed by atoms with Crippen LogP contribution < -0.4 is 0 Å². The summed E-state index contributed by atoms with van der Waals surface area (Å²) in [7, 11) is 0. The first-order valence-electron chi connectivity index (χ1n) is 6.46. The molecule has 0 atom stereocenters. The van der Waals surface area contributed by atoms with E-state index in [2.05, 4.69) is 10.0 Å². The fourth-order valence-corrected chi connectivity index (χ4v) is 2.32. The second-order valence-electron chi connectivity index (χ2n) is 4.03. The zero-order chi connectivity index (χ0) is 10.2. The third kappa shape index (κ3) is 3.58. The van der Waals surface area contributed by atoms with Crippen LogP contribution in [0.2, 0.25) is 0 Å². The molecular weight excluding hydrogens is 172 g/mol. The molecule has 2 nitrogen and oxygen atoms in total. The lowest BCUT2D eigenvalue weighted by molar-refractivity contribution is -0.0518. The highest BCUT2D eigenvalue weighted by Gasteiger charge is 2.19. The van der Waals surface area contributed by atoms with Gasteiger partial charge in [-0.2, -0.15) is 0 Å². The molecule has 0 aliphatic carbocycles. The van der Waals surface area contributed by atoms with Crippen molar-refractivity contribution in [3.63, 3.8) is 0 Å². The maximum atomic E-state index is 2.59. The van der Waals surface area contributed by atoms with Gasteiger partial charge in [-0.15, -0.1) is 0 Å². The first-order chi connectivity index (χ1) is 6.97. The van der Waals surface area contributed by atoms with Crippen LogP contribution in [0.15, 0.2) is 0 Å². The molecule has 2 rings (SSSR count). The molecule has 0 aromatic heterocycles. The van der Waals surface area contributed by atoms with Crippen LogP contribution >= 0.6 is 0 Å². The van der Waals surface area contributed by atoms with Gasteiger partial charge >= 0.3 is 0 Å². The van der Waals surface area contributed by atoms with Crippen LogP contribution in [0.4, 0.5) is 0 Å². The van der Waals surface area contributed by atoms with Gasteiger partial charge in [0.25, 0.3) is 0 Å². The standard InChI is InChI=1S/C10H20N2.C2H6/c1-3-7-11(8-4-1)12-9-5-2-6-10-12;1-2/h1-10H2;1-2H3. The quantitative estimate of drug-likeness (QED) is 0.639. The van der Waals surface area contributed by atoms with Crippen molar-refractivity contribution in [2.45, 2.75) is 52.4 Å². The summed E-state index contributed by atoms with van der Waals surface area (Å²) in [5.74, 6) is 0. The van der Waals surface area contributed by atoms with Crippen molar-refractivity contribution < 1.29 is 0 Å². The van der Waals surface area contributed by atoms with Crippen LogP contribution in [-0.2, 0) is 0 Å². The third-order valence-corrected chi connectivity index (χ3v) is 3.06. The number of hydrazine groups is 1. The van der Waals surface area contributed by atoms with Crippen molar-refractivity contribution in [1.29, 1.82) is 0 Å². The summed E-state index contributed by atoms with van der Waals surface area (Å²) < 4.78 is 0. The van der Waals surface area contributed by atoms with E-state index in [0.29, 0.717) is 0 Å². The Balaban J connectivity index is 0.000000461. The van der Waals surface area contributed by atoms with Gasteiger partial charge in [-0.05, 0) is 25.7 Å². The SMILES string of the molecule is C1CCN(N2CCCCC2)CC1.CC. The molecule has 0 spiro atoms. The molecule has 0 aromatic rings. The average molecular weight is 198 g/mol. The van der Waals surface area contributed by atoms with Gasteiger partial charge in [0.2, 0.25) is 0 Å². The van der Waals surface area contributed by atoms with E-state index < -0.39 is 0 Å². The number of hydrogen-bond donors (Lipinski definition) is 0. The highest BCUT2D eigenvalue weighted by Crippen LogP contribution is 2.16. The smallest absolute Gasteiger partial charge is 0.0133 e. The minimum absolute atomic E-state index is 1.32. The normalized spacial score (nSPS) is 25.3. The van der Waals surface area contributed by atoms with Crippen molar-refractivity contribution in [2.75, 3.05) is 26.2 Å². The minimum atomic E-state index is 1.32. The van der Waals surface area contributed by atoms with Crippen molar-refractivity contribution >= 4 is 0 Å². The maximum Gasteiger partial charge on any atom is 0.0133 e. The second kappa shape index (κ2) is 7.24. The molecule has 2 aliphatic rings. The molecular formula is C12H26N2. The van der Waals surface area contributed by atoms with Gasteiger partial charge in [0.05, 0.1) is 0 Å². The molecule has 0 radical (unpaired) electrons. The molecule has 0 saturated carbocycles. The summed E-state index contributed by atoms with van der Waals surface area (Å²) >= 11 is 0. The van der Waals surface area contributed by atoms with Gasteiger partial charge in [-0.3, -0.25) is 0 Å². The summed E-state index contributed by atoms with van der Waals surface area (Å²) in [6.07, 6.45) is 8.55. The largest absolute Gasteiger partial charge is 0.242 e. The molecule has 2 heteroatoms. The van der Waals surface area contributed by atoms with E-state index in [1.54, 1.807) is 0 Å². The molecule has 0 aromatic carbocycles. The predicted molar refractivity (Wildman–Crippen MR) is 62.2 cm³/mol. The van der Waals surface area contributed by atoms with Crippen molar-refractivity contribution in [1.82, 2.24) is 10.0 Å². The Morgan fingerprint density at radius 1 is 0.500 bits per heavy atom. The first-order valence-corrected chi connectivity index (χ1v) is 6.46. The van der Waals surface area contributed by atoms with Gasteiger partial charge in [0.1, 0.15) is 0 Å². The average Bonchev–Trinajstić information content (AvgIpc) is 2.34. The summed E-state index contributed by atoms with van der Waals surface area (Å²) in [6.45, 7) is 9.28. The second-order valence-corrected chi connectivity index (χ2v) is 4.03. The number of piperidine rings is 2. The van der Waals surface area contributed by atoms with E-state index in [1.165, 1.54) is 64.7 Å². The van der Waals surface area contributed by atoms with Crippen molar-refractivity contribution in [3.8, 4) is 0 Å². The molecule has 0 amide bonds. The Morgan fingerprint density at radius 3 is 1.07 bits per heavy atom. The Hall–Kier alpha value is -0.0800. The van der Waals surface area contributed by atoms with Crippen LogP contribution in [0.5, 0.6) is 0 Å². The van der Waals surface area contributed by atoms with E-state index in [-0.39, 0.29) is 0 Å². The Morgan fingerprint density at radius 2 is 0.786 bits per heavy atom. The molecule has 0 unspecified atom stereocenters. The molecule has 0 N–H and O–H groups in total. The molecule has 0 bridgehead atoms. The first kappa shape index (κ1) is 12.0. The Bertz CT molecular complexity index is 108. The van der Waals surface area contributed by atoms with Gasteiger partial charge in [0.15, 0.2) is 0 Å². The van der Waals surface area contributed by atoms with Crippen LogP contribution in [0.3, 0.4) is 0 Å². The Labute approximate surface area is 89.2 Å². The van der Waals surface area contributed by atoms with Crippen LogP contribution in [-0.4, -0.2) is 36.2 Å². The van der Waals surface area contributed by atoms with E-state index in [4.69, 9.17) is 0 Å². The molecule has 84 valence electrons. The predicted octanol–water partition coefficient (Wildman–Crippen LogP) is 2.90. The lowest BCUT2D eigenvalue weighted by Gasteiger charge is -2.39. The highest BCUT2D eigenvalue weighted by atomic mass is 15.6. The van der Waals surface area contributed by atoms with E-state index in [1.807, 2.05) is 13.8 Å². The minimum Gasteiger partial charge on any atom is -0.242 e. The maximum absolute atomic E-state index is 2.59. The molecule has 2 aliphatic heterocycles. The molecule has 2 saturated heterocycles. The van der Waals surface area contributed by atoms with Crippen molar-refractivity contribution in [2.24, 2.45) is 0 Å². The van der Waals surface area contributed by atoms with Crippen molar-refractivity contribution in [3.05, 3.63) is 0 Å². The fourth-order valence-electron chi connectivity index (χ4n) is 2.32. The van der Waals surface area contributed by atoms with E-state index in [0.717, 1.165) is 0 Å². The van der Waals surface area contributed by atoms with Gasteiger partial charge in [-0.25, -0.2) is 10.0 Å². The fraction of sp³-hybridized carbons (Fsp3) is 1.00. The van der Waals surface area contributed by atoms with E-state index in [9.17, 15) is 0 Å². The third-order valence-electron chi connectivity index (χ3n) is 3.06. The van der Waals surface area contributed by atoms with Gasteiger partial charge in [-0.1, -0.05) is 26.7 Å². The summed E-state index contributed by atoms with van der Waals surface area (Å²) in [4.78, 5) is 0. The highest BCUT2D eigenvalue weighted by molar-refractivity contribution is 4.67. The molecule has 2 heterocycles. The Kier molecular flexibility index (Phi) is 6.20. The van der Waals surface area contributed by atoms with Crippen LogP contribution in [0, 0.1) is 0 Å². The number of nitrogens with zero attached hydrogens (tertiary/aromatic N) is 2. The van der Waals surface area contributed by atoms with Gasteiger partial charge < -0.3 is 0 Å². The summed E-state index contributed by atoms with van der Waals surface area (Å²) in [6, 6.07) is 0. The summed E-state index contributed by atoms with van der Waals surface area (Å²) in [5.41, 5.74) is 0. The van der Waals surface area contributed by atoms with Crippen LogP contribution in [0.1, 0.15) is 52.4 Å². The van der Waals surface area contributed by atoms with Crippen LogP contribution in [0.25, 0.3) is 0 Å². The topological polar surface area (TPSA) is 6.48 Å². The van der Waals surface area contributed by atoms with E-state index >= 15 is 0 Å². The lowest BCUT2D eigenvalue weighted by atomic mass is 10.1. The monoisotopic (exact) mass is 198 g/mol.